The predicted octanol–water partition coefficient (Wildman–Crippen LogP) is -0.630. The Kier molecular flexibility index (Phi) is 7.53. The van der Waals surface area contributed by atoms with Crippen LogP contribution in [0.15, 0.2) is 0 Å². The summed E-state index contributed by atoms with van der Waals surface area (Å²) in [5.74, 6) is -0.902. The summed E-state index contributed by atoms with van der Waals surface area (Å²) < 4.78 is 0. The standard InChI is InChI=1S/C8H17N3O3/c1-2-3-10-8(14)11-5-4-9-6-7(12)13/h9H,2-6H2,1H3,(H,12,13)(H2,10,11,14). The molecule has 0 atom stereocenters. The molecule has 0 aromatic heterocycles. The van der Waals surface area contributed by atoms with E-state index >= 15 is 0 Å². The van der Waals surface area contributed by atoms with Gasteiger partial charge in [0, 0.05) is 19.6 Å². The number of carbonyl (C=O) groups is 2. The molecule has 0 heterocycles. The molecule has 2 amide bonds. The van der Waals surface area contributed by atoms with Crippen LogP contribution in [-0.4, -0.2) is 43.3 Å². The Hall–Kier alpha value is -1.30. The van der Waals surface area contributed by atoms with Gasteiger partial charge >= 0.3 is 12.0 Å². The number of carbonyl (C=O) groups excluding carboxylic acids is 1. The van der Waals surface area contributed by atoms with Crippen molar-refractivity contribution in [2.75, 3.05) is 26.2 Å². The summed E-state index contributed by atoms with van der Waals surface area (Å²) in [5, 5.41) is 16.2. The lowest BCUT2D eigenvalue weighted by molar-refractivity contribution is -0.135. The van der Waals surface area contributed by atoms with E-state index in [1.54, 1.807) is 0 Å². The molecule has 0 aromatic rings. The molecule has 0 radical (unpaired) electrons. The van der Waals surface area contributed by atoms with Gasteiger partial charge in [0.25, 0.3) is 0 Å². The molecule has 0 fully saturated rings. The van der Waals surface area contributed by atoms with Gasteiger partial charge in [-0.15, -0.1) is 0 Å². The van der Waals surface area contributed by atoms with E-state index < -0.39 is 5.97 Å². The van der Waals surface area contributed by atoms with Crippen LogP contribution in [0.4, 0.5) is 4.79 Å². The Morgan fingerprint density at radius 2 is 1.79 bits per heavy atom. The summed E-state index contributed by atoms with van der Waals surface area (Å²) in [6.45, 7) is 3.40. The number of nitrogens with one attached hydrogen (secondary N) is 3. The van der Waals surface area contributed by atoms with Crippen LogP contribution in [0.25, 0.3) is 0 Å². The molecule has 6 heteroatoms. The number of carboxylic acids is 1. The molecule has 0 aliphatic carbocycles. The highest BCUT2D eigenvalue weighted by atomic mass is 16.4. The minimum absolute atomic E-state index is 0.0851. The molecule has 0 saturated carbocycles. The third-order valence-corrected chi connectivity index (χ3v) is 1.40. The summed E-state index contributed by atoms with van der Waals surface area (Å²) >= 11 is 0. The minimum atomic E-state index is -0.902. The van der Waals surface area contributed by atoms with Crippen LogP contribution in [0.2, 0.25) is 0 Å². The fourth-order valence-electron chi connectivity index (χ4n) is 0.761. The third kappa shape index (κ3) is 8.79. The molecule has 6 nitrogen and oxygen atoms in total. The third-order valence-electron chi connectivity index (χ3n) is 1.40. The first kappa shape index (κ1) is 12.7. The van der Waals surface area contributed by atoms with Crippen molar-refractivity contribution in [1.29, 1.82) is 0 Å². The second-order valence-electron chi connectivity index (χ2n) is 2.75. The van der Waals surface area contributed by atoms with Crippen molar-refractivity contribution in [1.82, 2.24) is 16.0 Å². The first-order valence-corrected chi connectivity index (χ1v) is 4.61. The van der Waals surface area contributed by atoms with Crippen molar-refractivity contribution in [3.8, 4) is 0 Å². The molecule has 0 unspecified atom stereocenters. The molecule has 0 aliphatic rings. The van der Waals surface area contributed by atoms with Gasteiger partial charge in [0.15, 0.2) is 0 Å². The fourth-order valence-corrected chi connectivity index (χ4v) is 0.761. The van der Waals surface area contributed by atoms with Crippen LogP contribution >= 0.6 is 0 Å². The van der Waals surface area contributed by atoms with E-state index in [4.69, 9.17) is 5.11 Å². The van der Waals surface area contributed by atoms with E-state index in [-0.39, 0.29) is 12.6 Å². The second-order valence-corrected chi connectivity index (χ2v) is 2.75. The molecule has 0 aromatic carbocycles. The van der Waals surface area contributed by atoms with Crippen LogP contribution < -0.4 is 16.0 Å². The maximum absolute atomic E-state index is 10.9. The van der Waals surface area contributed by atoms with Gasteiger partial charge in [-0.25, -0.2) is 4.79 Å². The predicted molar refractivity (Wildman–Crippen MR) is 52.2 cm³/mol. The van der Waals surface area contributed by atoms with Gasteiger partial charge in [0.2, 0.25) is 0 Å². The zero-order valence-corrected chi connectivity index (χ0v) is 8.30. The number of urea groups is 1. The van der Waals surface area contributed by atoms with Crippen LogP contribution in [0.5, 0.6) is 0 Å². The first-order chi connectivity index (χ1) is 6.66. The maximum atomic E-state index is 10.9. The van der Waals surface area contributed by atoms with Crippen LogP contribution in [0, 0.1) is 0 Å². The van der Waals surface area contributed by atoms with Gasteiger partial charge in [-0.1, -0.05) is 6.92 Å². The molecular formula is C8H17N3O3. The Balaban J connectivity index is 3.19. The molecule has 0 aliphatic heterocycles. The van der Waals surface area contributed by atoms with Crippen molar-refractivity contribution in [3.05, 3.63) is 0 Å². The molecule has 0 spiro atoms. The highest BCUT2D eigenvalue weighted by molar-refractivity contribution is 5.73. The largest absolute Gasteiger partial charge is 0.480 e. The number of rotatable bonds is 7. The Labute approximate surface area is 83.1 Å². The summed E-state index contributed by atoms with van der Waals surface area (Å²) in [6.07, 6.45) is 0.894. The van der Waals surface area contributed by atoms with Gasteiger partial charge in [0.1, 0.15) is 0 Å². The lowest BCUT2D eigenvalue weighted by atomic mass is 10.5. The first-order valence-electron chi connectivity index (χ1n) is 4.61. The van der Waals surface area contributed by atoms with Gasteiger partial charge in [0.05, 0.1) is 6.54 Å². The highest BCUT2D eigenvalue weighted by Gasteiger charge is 1.97. The summed E-state index contributed by atoms with van der Waals surface area (Å²) in [6, 6.07) is -0.219. The van der Waals surface area contributed by atoms with Crippen molar-refractivity contribution in [2.45, 2.75) is 13.3 Å². The molecule has 14 heavy (non-hydrogen) atoms. The van der Waals surface area contributed by atoms with E-state index in [0.717, 1.165) is 6.42 Å². The molecule has 0 bridgehead atoms. The van der Waals surface area contributed by atoms with Crippen molar-refractivity contribution in [3.63, 3.8) is 0 Å². The molecule has 4 N–H and O–H groups in total. The zero-order chi connectivity index (χ0) is 10.8. The van der Waals surface area contributed by atoms with E-state index in [1.807, 2.05) is 6.92 Å². The summed E-state index contributed by atoms with van der Waals surface area (Å²) in [4.78, 5) is 21.0. The minimum Gasteiger partial charge on any atom is -0.480 e. The normalized spacial score (nSPS) is 9.50. The van der Waals surface area contributed by atoms with Crippen molar-refractivity contribution < 1.29 is 14.7 Å². The SMILES string of the molecule is CCCNC(=O)NCCNCC(=O)O. The van der Waals surface area contributed by atoms with Crippen LogP contribution in [0.1, 0.15) is 13.3 Å². The van der Waals surface area contributed by atoms with E-state index in [9.17, 15) is 9.59 Å². The van der Waals surface area contributed by atoms with Crippen LogP contribution in [0.3, 0.4) is 0 Å². The van der Waals surface area contributed by atoms with Gasteiger partial charge in [-0.3, -0.25) is 4.79 Å². The smallest absolute Gasteiger partial charge is 0.317 e. The average molecular weight is 203 g/mol. The number of amides is 2. The number of hydrogen-bond acceptors (Lipinski definition) is 3. The van der Waals surface area contributed by atoms with Gasteiger partial charge in [-0.2, -0.15) is 0 Å². The van der Waals surface area contributed by atoms with Gasteiger partial charge < -0.3 is 21.1 Å². The highest BCUT2D eigenvalue weighted by Crippen LogP contribution is 1.70. The number of hydrogen-bond donors (Lipinski definition) is 4. The molecular weight excluding hydrogens is 186 g/mol. The Morgan fingerprint density at radius 1 is 1.14 bits per heavy atom. The van der Waals surface area contributed by atoms with E-state index in [0.29, 0.717) is 19.6 Å². The monoisotopic (exact) mass is 203 g/mol. The summed E-state index contributed by atoms with van der Waals surface area (Å²) in [5.41, 5.74) is 0. The molecule has 0 saturated heterocycles. The Morgan fingerprint density at radius 3 is 2.36 bits per heavy atom. The average Bonchev–Trinajstić information content (AvgIpc) is 2.13. The van der Waals surface area contributed by atoms with Crippen LogP contribution in [-0.2, 0) is 4.79 Å². The molecule has 0 rings (SSSR count). The van der Waals surface area contributed by atoms with Crippen molar-refractivity contribution >= 4 is 12.0 Å². The zero-order valence-electron chi connectivity index (χ0n) is 8.30. The van der Waals surface area contributed by atoms with Gasteiger partial charge in [-0.05, 0) is 6.42 Å². The Bertz CT molecular complexity index is 185. The topological polar surface area (TPSA) is 90.5 Å². The van der Waals surface area contributed by atoms with E-state index in [1.165, 1.54) is 0 Å². The second kappa shape index (κ2) is 8.31. The lowest BCUT2D eigenvalue weighted by Gasteiger charge is -2.06. The summed E-state index contributed by atoms with van der Waals surface area (Å²) in [7, 11) is 0. The quantitative estimate of drug-likeness (QED) is 0.415. The fraction of sp³-hybridized carbons (Fsp3) is 0.750. The number of carboxylic acid groups (broad SMARTS) is 1. The lowest BCUT2D eigenvalue weighted by Crippen LogP contribution is -2.40. The maximum Gasteiger partial charge on any atom is 0.317 e. The number of aliphatic carboxylic acids is 1. The van der Waals surface area contributed by atoms with Crippen molar-refractivity contribution in [2.24, 2.45) is 0 Å². The molecule has 82 valence electrons. The van der Waals surface area contributed by atoms with E-state index in [2.05, 4.69) is 16.0 Å².